The van der Waals surface area contributed by atoms with Crippen molar-refractivity contribution in [2.75, 3.05) is 19.0 Å². The van der Waals surface area contributed by atoms with Gasteiger partial charge in [0, 0.05) is 6.08 Å². The third-order valence-electron chi connectivity index (χ3n) is 4.61. The van der Waals surface area contributed by atoms with E-state index in [1.54, 1.807) is 0 Å². The number of aliphatic hydroxyl groups is 2. The SMILES string of the molecule is CCCCCCCCCCCCC/C=C/C(=O)OCC(O)CO.NC(CCS)C(=O)O. The molecule has 0 fully saturated rings. The molecule has 2 unspecified atom stereocenters. The lowest BCUT2D eigenvalue weighted by atomic mass is 10.1. The van der Waals surface area contributed by atoms with Gasteiger partial charge in [-0.15, -0.1) is 0 Å². The lowest BCUT2D eigenvalue weighted by molar-refractivity contribution is -0.141. The van der Waals surface area contributed by atoms with Crippen LogP contribution >= 0.6 is 12.6 Å². The number of carbonyl (C=O) groups is 2. The second-order valence-electron chi connectivity index (χ2n) is 7.65. The van der Waals surface area contributed by atoms with Gasteiger partial charge >= 0.3 is 11.9 Å². The molecule has 0 aliphatic rings. The molecule has 0 rings (SSSR count). The van der Waals surface area contributed by atoms with Crippen LogP contribution in [-0.2, 0) is 14.3 Å². The van der Waals surface area contributed by atoms with E-state index in [9.17, 15) is 9.59 Å². The maximum absolute atomic E-state index is 11.3. The molecule has 0 aliphatic carbocycles. The molecule has 0 saturated heterocycles. The van der Waals surface area contributed by atoms with Gasteiger partial charge in [0.05, 0.1) is 6.61 Å². The molecule has 0 saturated carbocycles. The van der Waals surface area contributed by atoms with Gasteiger partial charge in [0.25, 0.3) is 0 Å². The number of nitrogens with two attached hydrogens (primary N) is 1. The average molecular weight is 464 g/mol. The number of allylic oxidation sites excluding steroid dienone is 1. The van der Waals surface area contributed by atoms with Crippen molar-refractivity contribution >= 4 is 24.6 Å². The molecule has 2 atom stereocenters. The van der Waals surface area contributed by atoms with Gasteiger partial charge in [-0.2, -0.15) is 12.6 Å². The van der Waals surface area contributed by atoms with Crippen molar-refractivity contribution in [1.29, 1.82) is 0 Å². The summed E-state index contributed by atoms with van der Waals surface area (Å²) < 4.78 is 4.77. The largest absolute Gasteiger partial charge is 0.480 e. The predicted molar refractivity (Wildman–Crippen MR) is 128 cm³/mol. The summed E-state index contributed by atoms with van der Waals surface area (Å²) in [6.07, 6.45) is 18.0. The van der Waals surface area contributed by atoms with Gasteiger partial charge < -0.3 is 25.8 Å². The highest BCUT2D eigenvalue weighted by atomic mass is 32.1. The summed E-state index contributed by atoms with van der Waals surface area (Å²) in [6.45, 7) is 1.70. The summed E-state index contributed by atoms with van der Waals surface area (Å²) in [5, 5.41) is 25.8. The van der Waals surface area contributed by atoms with E-state index in [1.807, 2.05) is 6.08 Å². The van der Waals surface area contributed by atoms with E-state index in [0.717, 1.165) is 12.8 Å². The summed E-state index contributed by atoms with van der Waals surface area (Å²) in [6, 6.07) is -0.743. The topological polar surface area (TPSA) is 130 Å². The molecule has 0 aromatic carbocycles. The number of ether oxygens (including phenoxy) is 1. The first-order chi connectivity index (χ1) is 14.9. The highest BCUT2D eigenvalue weighted by molar-refractivity contribution is 7.80. The first-order valence-electron chi connectivity index (χ1n) is 11.6. The van der Waals surface area contributed by atoms with Gasteiger partial charge in [-0.3, -0.25) is 4.79 Å². The van der Waals surface area contributed by atoms with Gasteiger partial charge in [0.2, 0.25) is 0 Å². The molecule has 0 heterocycles. The van der Waals surface area contributed by atoms with Crippen molar-refractivity contribution in [1.82, 2.24) is 0 Å². The second-order valence-corrected chi connectivity index (χ2v) is 8.10. The average Bonchev–Trinajstić information content (AvgIpc) is 2.75. The van der Waals surface area contributed by atoms with E-state index in [1.165, 1.54) is 70.3 Å². The third-order valence-corrected chi connectivity index (χ3v) is 4.87. The molecule has 7 nitrogen and oxygen atoms in total. The number of thiol groups is 1. The lowest BCUT2D eigenvalue weighted by Gasteiger charge is -2.06. The van der Waals surface area contributed by atoms with Crippen LogP contribution in [-0.4, -0.2) is 58.4 Å². The Bertz CT molecular complexity index is 448. The van der Waals surface area contributed by atoms with Gasteiger partial charge in [-0.05, 0) is 25.0 Å². The molecular formula is C23H45NO6S. The van der Waals surface area contributed by atoms with Crippen LogP contribution in [0.5, 0.6) is 0 Å². The van der Waals surface area contributed by atoms with Crippen LogP contribution in [0, 0.1) is 0 Å². The molecule has 0 radical (unpaired) electrons. The molecule has 184 valence electrons. The highest BCUT2D eigenvalue weighted by Gasteiger charge is 2.08. The first-order valence-corrected chi connectivity index (χ1v) is 12.2. The first kappa shape index (κ1) is 32.1. The third kappa shape index (κ3) is 26.9. The van der Waals surface area contributed by atoms with Crippen molar-refractivity contribution in [2.45, 2.75) is 103 Å². The second kappa shape index (κ2) is 25.2. The van der Waals surface area contributed by atoms with Gasteiger partial charge in [0.1, 0.15) is 18.8 Å². The Morgan fingerprint density at radius 3 is 1.94 bits per heavy atom. The molecule has 0 aromatic rings. The van der Waals surface area contributed by atoms with E-state index in [4.69, 9.17) is 25.8 Å². The van der Waals surface area contributed by atoms with Crippen molar-refractivity contribution in [3.63, 3.8) is 0 Å². The number of esters is 1. The summed E-state index contributed by atoms with van der Waals surface area (Å²) in [5.41, 5.74) is 5.08. The van der Waals surface area contributed by atoms with Crippen LogP contribution in [0.15, 0.2) is 12.2 Å². The minimum Gasteiger partial charge on any atom is -0.480 e. The number of hydrogen-bond acceptors (Lipinski definition) is 7. The lowest BCUT2D eigenvalue weighted by Crippen LogP contribution is -2.30. The number of carbonyl (C=O) groups excluding carboxylic acids is 1. The zero-order valence-electron chi connectivity index (χ0n) is 19.2. The molecule has 5 N–H and O–H groups in total. The maximum atomic E-state index is 11.3. The molecule has 8 heteroatoms. The molecule has 0 spiro atoms. The number of hydrogen-bond donors (Lipinski definition) is 5. The monoisotopic (exact) mass is 463 g/mol. The Hall–Kier alpha value is -1.09. The minimum atomic E-state index is -0.987. The molecule has 0 amide bonds. The number of carboxylic acid groups (broad SMARTS) is 1. The summed E-state index contributed by atoms with van der Waals surface area (Å²) in [5.74, 6) is -0.896. The van der Waals surface area contributed by atoms with Crippen LogP contribution in [0.2, 0.25) is 0 Å². The van der Waals surface area contributed by atoms with E-state index in [2.05, 4.69) is 19.6 Å². The van der Waals surface area contributed by atoms with Crippen LogP contribution in [0.1, 0.15) is 90.4 Å². The fourth-order valence-corrected chi connectivity index (χ4v) is 2.93. The number of aliphatic carboxylic acids is 1. The Morgan fingerprint density at radius 2 is 1.52 bits per heavy atom. The Kier molecular flexibility index (Phi) is 26.1. The normalized spacial score (nSPS) is 12.8. The zero-order valence-corrected chi connectivity index (χ0v) is 20.1. The fourth-order valence-electron chi connectivity index (χ4n) is 2.65. The van der Waals surface area contributed by atoms with Crippen LogP contribution in [0.25, 0.3) is 0 Å². The molecule has 0 aromatic heterocycles. The Balaban J connectivity index is 0. The summed E-state index contributed by atoms with van der Waals surface area (Å²) >= 11 is 3.81. The van der Waals surface area contributed by atoms with Crippen LogP contribution in [0.3, 0.4) is 0 Å². The number of rotatable bonds is 19. The number of aliphatic hydroxyl groups excluding tert-OH is 2. The number of unbranched alkanes of at least 4 members (excludes halogenated alkanes) is 11. The fraction of sp³-hybridized carbons (Fsp3) is 0.826. The zero-order chi connectivity index (χ0) is 23.7. The quantitative estimate of drug-likeness (QED) is 0.0851. The minimum absolute atomic E-state index is 0.155. The van der Waals surface area contributed by atoms with Crippen molar-refractivity contribution in [3.05, 3.63) is 12.2 Å². The molecule has 0 bridgehead atoms. The molecular weight excluding hydrogens is 418 g/mol. The van der Waals surface area contributed by atoms with Crippen molar-refractivity contribution in [3.8, 4) is 0 Å². The van der Waals surface area contributed by atoms with Crippen LogP contribution < -0.4 is 5.73 Å². The molecule has 0 aliphatic heterocycles. The standard InChI is InChI=1S/C19H36O4.C4H9NO2S/c1-2-3-4-5-6-7-8-9-10-11-12-13-14-15-19(22)23-17-18(21)16-20;5-3(1-2-8)4(6)7/h14-15,18,20-21H,2-13,16-17H2,1H3;3,8H,1-2,5H2,(H,6,7)/b15-14+;. The van der Waals surface area contributed by atoms with Gasteiger partial charge in [-0.25, -0.2) is 4.79 Å². The van der Waals surface area contributed by atoms with E-state index in [0.29, 0.717) is 12.2 Å². The highest BCUT2D eigenvalue weighted by Crippen LogP contribution is 2.12. The summed E-state index contributed by atoms with van der Waals surface area (Å²) in [7, 11) is 0. The smallest absolute Gasteiger partial charge is 0.330 e. The summed E-state index contributed by atoms with van der Waals surface area (Å²) in [4.78, 5) is 21.2. The van der Waals surface area contributed by atoms with Gasteiger partial charge in [0.15, 0.2) is 0 Å². The Morgan fingerprint density at radius 1 is 1.00 bits per heavy atom. The van der Waals surface area contributed by atoms with E-state index < -0.39 is 30.7 Å². The van der Waals surface area contributed by atoms with Crippen molar-refractivity contribution in [2.24, 2.45) is 5.73 Å². The number of carboxylic acids is 1. The van der Waals surface area contributed by atoms with E-state index in [-0.39, 0.29) is 6.61 Å². The van der Waals surface area contributed by atoms with E-state index >= 15 is 0 Å². The van der Waals surface area contributed by atoms with Crippen LogP contribution in [0.4, 0.5) is 0 Å². The Labute approximate surface area is 193 Å². The van der Waals surface area contributed by atoms with Crippen molar-refractivity contribution < 1.29 is 29.6 Å². The maximum Gasteiger partial charge on any atom is 0.330 e. The molecule has 31 heavy (non-hydrogen) atoms. The van der Waals surface area contributed by atoms with Gasteiger partial charge in [-0.1, -0.05) is 77.2 Å². The predicted octanol–water partition coefficient (Wildman–Crippen LogP) is 3.86.